The number of aromatic nitrogens is 2. The molecule has 0 bridgehead atoms. The van der Waals surface area contributed by atoms with Crippen molar-refractivity contribution in [2.45, 2.75) is 20.4 Å². The number of nitrogens with zero attached hydrogens (tertiary/aromatic N) is 2. The van der Waals surface area contributed by atoms with E-state index in [0.29, 0.717) is 38.5 Å². The zero-order valence-corrected chi connectivity index (χ0v) is 18.7. The third kappa shape index (κ3) is 4.17. The van der Waals surface area contributed by atoms with Crippen LogP contribution in [0.1, 0.15) is 36.7 Å². The number of amides is 2. The molecule has 0 saturated carbocycles. The fourth-order valence-electron chi connectivity index (χ4n) is 3.38. The molecule has 0 atom stereocenters. The van der Waals surface area contributed by atoms with Crippen LogP contribution in [-0.4, -0.2) is 21.4 Å². The summed E-state index contributed by atoms with van der Waals surface area (Å²) in [6.07, 6.45) is 1.44. The Morgan fingerprint density at radius 1 is 1.03 bits per heavy atom. The van der Waals surface area contributed by atoms with Gasteiger partial charge in [-0.3, -0.25) is 14.4 Å². The van der Waals surface area contributed by atoms with Gasteiger partial charge in [-0.25, -0.2) is 4.98 Å². The lowest BCUT2D eigenvalue weighted by atomic mass is 10.1. The van der Waals surface area contributed by atoms with Gasteiger partial charge >= 0.3 is 0 Å². The van der Waals surface area contributed by atoms with Gasteiger partial charge in [0.05, 0.1) is 27.8 Å². The molecule has 2 aromatic carbocycles. The molecule has 0 radical (unpaired) electrons. The number of fused-ring (bicyclic) bond motifs is 1. The second kappa shape index (κ2) is 8.76. The molecule has 2 amide bonds. The molecule has 0 aliphatic heterocycles. The number of nitrogens with one attached hydrogen (secondary N) is 2. The van der Waals surface area contributed by atoms with E-state index in [2.05, 4.69) is 15.6 Å². The molecule has 4 aromatic rings. The zero-order valence-electron chi connectivity index (χ0n) is 17.9. The van der Waals surface area contributed by atoms with Gasteiger partial charge in [-0.2, -0.15) is 0 Å². The summed E-state index contributed by atoms with van der Waals surface area (Å²) in [7, 11) is 1.62. The average Bonchev–Trinajstić information content (AvgIpc) is 3.13. The van der Waals surface area contributed by atoms with Gasteiger partial charge in [0, 0.05) is 13.6 Å². The molecule has 7 nitrogen and oxygen atoms in total. The molecular weight excluding hydrogens is 424 g/mol. The van der Waals surface area contributed by atoms with Crippen LogP contribution >= 0.6 is 11.3 Å². The van der Waals surface area contributed by atoms with Crippen LogP contribution in [0.25, 0.3) is 10.2 Å². The number of benzene rings is 2. The van der Waals surface area contributed by atoms with Crippen molar-refractivity contribution < 1.29 is 9.59 Å². The van der Waals surface area contributed by atoms with E-state index in [-0.39, 0.29) is 17.4 Å². The van der Waals surface area contributed by atoms with Gasteiger partial charge in [-0.15, -0.1) is 11.3 Å². The summed E-state index contributed by atoms with van der Waals surface area (Å²) in [4.78, 5) is 43.4. The first-order valence-corrected chi connectivity index (χ1v) is 10.9. The molecule has 0 saturated heterocycles. The number of thiophene rings is 1. The van der Waals surface area contributed by atoms with Crippen molar-refractivity contribution in [1.29, 1.82) is 0 Å². The second-order valence-electron chi connectivity index (χ2n) is 7.56. The predicted octanol–water partition coefficient (Wildman–Crippen LogP) is 3.79. The maximum atomic E-state index is 13.0. The Morgan fingerprint density at radius 2 is 1.75 bits per heavy atom. The van der Waals surface area contributed by atoms with Crippen LogP contribution in [0.15, 0.2) is 59.7 Å². The lowest BCUT2D eigenvalue weighted by Gasteiger charge is -2.11. The summed E-state index contributed by atoms with van der Waals surface area (Å²) in [6.45, 7) is 4.12. The van der Waals surface area contributed by atoms with Crippen LogP contribution in [0, 0.1) is 13.8 Å². The fourth-order valence-corrected chi connectivity index (χ4v) is 4.41. The van der Waals surface area contributed by atoms with E-state index in [4.69, 9.17) is 0 Å². The molecule has 2 aromatic heterocycles. The summed E-state index contributed by atoms with van der Waals surface area (Å²) in [5.74, 6) is -0.670. The zero-order chi connectivity index (χ0) is 22.8. The van der Waals surface area contributed by atoms with Gasteiger partial charge in [0.15, 0.2) is 0 Å². The highest BCUT2D eigenvalue weighted by molar-refractivity contribution is 7.20. The minimum Gasteiger partial charge on any atom is -0.348 e. The van der Waals surface area contributed by atoms with Crippen molar-refractivity contribution >= 4 is 39.1 Å². The Hall–Kier alpha value is -3.78. The van der Waals surface area contributed by atoms with Crippen molar-refractivity contribution in [2.75, 3.05) is 5.32 Å². The molecule has 0 aliphatic rings. The van der Waals surface area contributed by atoms with Gasteiger partial charge in [0.25, 0.3) is 17.4 Å². The van der Waals surface area contributed by atoms with E-state index in [1.54, 1.807) is 38.2 Å². The Kier molecular flexibility index (Phi) is 5.87. The van der Waals surface area contributed by atoms with Crippen molar-refractivity contribution in [1.82, 2.24) is 14.9 Å². The van der Waals surface area contributed by atoms with Crippen LogP contribution in [0.4, 0.5) is 5.69 Å². The molecule has 162 valence electrons. The number of rotatable bonds is 5. The maximum absolute atomic E-state index is 13.0. The molecule has 0 unspecified atom stereocenters. The van der Waals surface area contributed by atoms with Crippen molar-refractivity contribution in [3.63, 3.8) is 0 Å². The Balaban J connectivity index is 1.56. The summed E-state index contributed by atoms with van der Waals surface area (Å²) < 4.78 is 1.39. The van der Waals surface area contributed by atoms with Crippen LogP contribution in [-0.2, 0) is 13.6 Å². The Morgan fingerprint density at radius 3 is 2.50 bits per heavy atom. The molecule has 2 N–H and O–H groups in total. The molecule has 4 rings (SSSR count). The third-order valence-corrected chi connectivity index (χ3v) is 6.41. The number of hydrogen-bond acceptors (Lipinski definition) is 5. The normalized spacial score (nSPS) is 10.8. The van der Waals surface area contributed by atoms with Crippen LogP contribution in [0.2, 0.25) is 0 Å². The van der Waals surface area contributed by atoms with Gasteiger partial charge in [-0.1, -0.05) is 42.0 Å². The van der Waals surface area contributed by atoms with E-state index in [1.165, 1.54) is 10.9 Å². The van der Waals surface area contributed by atoms with E-state index in [0.717, 1.165) is 22.5 Å². The molecule has 32 heavy (non-hydrogen) atoms. The number of para-hydroxylation sites is 1. The molecule has 0 aliphatic carbocycles. The van der Waals surface area contributed by atoms with Crippen molar-refractivity contribution in [2.24, 2.45) is 7.05 Å². The summed E-state index contributed by atoms with van der Waals surface area (Å²) in [6, 6.07) is 14.7. The lowest BCUT2D eigenvalue weighted by Crippen LogP contribution is -2.24. The first kappa shape index (κ1) is 21.5. The molecule has 2 heterocycles. The van der Waals surface area contributed by atoms with Gasteiger partial charge in [-0.05, 0) is 37.1 Å². The van der Waals surface area contributed by atoms with Crippen LogP contribution in [0.5, 0.6) is 0 Å². The first-order chi connectivity index (χ1) is 15.3. The van der Waals surface area contributed by atoms with Crippen molar-refractivity contribution in [3.05, 3.63) is 92.3 Å². The first-order valence-electron chi connectivity index (χ1n) is 10.0. The number of hydrogen-bond donors (Lipinski definition) is 2. The minimum atomic E-state index is -0.383. The quantitative estimate of drug-likeness (QED) is 0.488. The van der Waals surface area contributed by atoms with E-state index >= 15 is 0 Å². The topological polar surface area (TPSA) is 93.1 Å². The fraction of sp³-hybridized carbons (Fsp3) is 0.167. The van der Waals surface area contributed by atoms with Gasteiger partial charge < -0.3 is 15.2 Å². The van der Waals surface area contributed by atoms with Crippen LogP contribution in [0.3, 0.4) is 0 Å². The third-order valence-electron chi connectivity index (χ3n) is 5.21. The van der Waals surface area contributed by atoms with Crippen LogP contribution < -0.4 is 16.2 Å². The number of carbonyl (C=O) groups is 2. The summed E-state index contributed by atoms with van der Waals surface area (Å²) >= 11 is 1.16. The second-order valence-corrected chi connectivity index (χ2v) is 8.56. The average molecular weight is 447 g/mol. The number of carbonyl (C=O) groups excluding carboxylic acids is 2. The van der Waals surface area contributed by atoms with Crippen molar-refractivity contribution in [3.8, 4) is 0 Å². The summed E-state index contributed by atoms with van der Waals surface area (Å²) in [5.41, 5.74) is 3.28. The minimum absolute atomic E-state index is 0.196. The standard InChI is InChI=1S/C24H22N4O3S/c1-14-8-10-16(11-9-14)12-25-21(29)17-6-4-5-7-18(17)27-22(30)20-15(2)19-23(32-20)26-13-28(3)24(19)31/h4-11,13H,12H2,1-3H3,(H,25,29)(H,27,30). The van der Waals surface area contributed by atoms with E-state index in [9.17, 15) is 14.4 Å². The molecule has 0 fully saturated rings. The highest BCUT2D eigenvalue weighted by atomic mass is 32.1. The molecule has 8 heteroatoms. The van der Waals surface area contributed by atoms with Gasteiger partial charge in [0.2, 0.25) is 0 Å². The Labute approximate surface area is 188 Å². The molecule has 0 spiro atoms. The van der Waals surface area contributed by atoms with Gasteiger partial charge in [0.1, 0.15) is 4.83 Å². The Bertz CT molecular complexity index is 1390. The number of aryl methyl sites for hydroxylation is 3. The van der Waals surface area contributed by atoms with E-state index in [1.807, 2.05) is 31.2 Å². The highest BCUT2D eigenvalue weighted by Gasteiger charge is 2.21. The maximum Gasteiger partial charge on any atom is 0.266 e. The monoisotopic (exact) mass is 446 g/mol. The van der Waals surface area contributed by atoms with E-state index < -0.39 is 0 Å². The highest BCUT2D eigenvalue weighted by Crippen LogP contribution is 2.28. The SMILES string of the molecule is Cc1ccc(CNC(=O)c2ccccc2NC(=O)c2sc3ncn(C)c(=O)c3c2C)cc1. The predicted molar refractivity (Wildman–Crippen MR) is 126 cm³/mol. The lowest BCUT2D eigenvalue weighted by molar-refractivity contribution is 0.0952. The summed E-state index contributed by atoms with van der Waals surface area (Å²) in [5, 5.41) is 6.16. The molecular formula is C24H22N4O3S. The number of anilines is 1. The smallest absolute Gasteiger partial charge is 0.266 e. The largest absolute Gasteiger partial charge is 0.348 e.